The Labute approximate surface area is 164 Å². The van der Waals surface area contributed by atoms with Crippen LogP contribution in [-0.2, 0) is 14.3 Å². The maximum absolute atomic E-state index is 12.0. The lowest BCUT2D eigenvalue weighted by atomic mass is 9.86. The zero-order valence-electron chi connectivity index (χ0n) is 16.4. The molecule has 4 nitrogen and oxygen atoms in total. The van der Waals surface area contributed by atoms with Gasteiger partial charge in [-0.05, 0) is 50.4 Å². The van der Waals surface area contributed by atoms with Crippen molar-refractivity contribution in [3.63, 3.8) is 0 Å². The minimum Gasteiger partial charge on any atom is -0.469 e. The van der Waals surface area contributed by atoms with Gasteiger partial charge in [0.25, 0.3) is 0 Å². The molecule has 5 heteroatoms. The smallest absolute Gasteiger partial charge is 0.305 e. The fraction of sp³-hybridized carbons (Fsp3) is 0.810. The van der Waals surface area contributed by atoms with E-state index in [1.165, 1.54) is 7.11 Å². The van der Waals surface area contributed by atoms with E-state index in [9.17, 15) is 14.7 Å². The number of hydrogen-bond acceptors (Lipinski definition) is 5. The van der Waals surface area contributed by atoms with Gasteiger partial charge in [-0.2, -0.15) is 12.6 Å². The number of ketones is 1. The lowest BCUT2D eigenvalue weighted by Crippen LogP contribution is -2.21. The summed E-state index contributed by atoms with van der Waals surface area (Å²) >= 11 is 4.66. The number of ether oxygens (including phenoxy) is 1. The first-order valence-corrected chi connectivity index (χ1v) is 10.6. The van der Waals surface area contributed by atoms with E-state index in [1.54, 1.807) is 0 Å². The van der Waals surface area contributed by atoms with Crippen LogP contribution in [0, 0.1) is 11.8 Å². The third kappa shape index (κ3) is 8.72. The van der Waals surface area contributed by atoms with E-state index in [1.807, 2.05) is 0 Å². The molecule has 0 bridgehead atoms. The van der Waals surface area contributed by atoms with Gasteiger partial charge in [0.05, 0.1) is 13.2 Å². The number of aliphatic hydroxyl groups excluding tert-OH is 1. The van der Waals surface area contributed by atoms with Gasteiger partial charge in [-0.15, -0.1) is 0 Å². The number of allylic oxidation sites excluding steroid dienone is 2. The molecule has 1 fully saturated rings. The predicted molar refractivity (Wildman–Crippen MR) is 108 cm³/mol. The second kappa shape index (κ2) is 13.4. The molecule has 0 aliphatic heterocycles. The predicted octanol–water partition coefficient (Wildman–Crippen LogP) is 4.50. The molecular formula is C21H36O4S. The molecule has 1 unspecified atom stereocenters. The number of unbranched alkanes of at least 4 members (excludes halogenated alkanes) is 3. The van der Waals surface area contributed by atoms with E-state index in [0.29, 0.717) is 37.4 Å². The molecule has 1 N–H and O–H groups in total. The standard InChI is InChI=1S/C21H36O4S/c1-3-4-7-10-16(22)13-14-18-17(19(23)15-20(18)26)11-8-5-6-9-12-21(24)25-2/h5,8,17-20,23,26H,3-4,6-7,9-15H2,1-2H3/t17-,18-,19+,20?/m1/s1. The van der Waals surface area contributed by atoms with Gasteiger partial charge in [0.2, 0.25) is 0 Å². The molecule has 1 aliphatic carbocycles. The van der Waals surface area contributed by atoms with Crippen LogP contribution >= 0.6 is 12.6 Å². The van der Waals surface area contributed by atoms with Crippen LogP contribution in [0.1, 0.15) is 77.6 Å². The summed E-state index contributed by atoms with van der Waals surface area (Å²) < 4.78 is 4.62. The van der Waals surface area contributed by atoms with E-state index in [0.717, 1.165) is 44.9 Å². The average molecular weight is 385 g/mol. The maximum Gasteiger partial charge on any atom is 0.305 e. The second-order valence-electron chi connectivity index (χ2n) is 7.41. The summed E-state index contributed by atoms with van der Waals surface area (Å²) in [5, 5.41) is 10.5. The van der Waals surface area contributed by atoms with Crippen LogP contribution in [-0.4, -0.2) is 35.3 Å². The molecule has 1 aliphatic rings. The Hall–Kier alpha value is -0.810. The number of rotatable bonds is 13. The minimum atomic E-state index is -0.336. The third-order valence-electron chi connectivity index (χ3n) is 5.39. The summed E-state index contributed by atoms with van der Waals surface area (Å²) in [7, 11) is 1.40. The van der Waals surface area contributed by atoms with Gasteiger partial charge >= 0.3 is 5.97 Å². The largest absolute Gasteiger partial charge is 0.469 e. The van der Waals surface area contributed by atoms with Crippen LogP contribution in [0.25, 0.3) is 0 Å². The molecule has 26 heavy (non-hydrogen) atoms. The Balaban J connectivity index is 2.36. The first-order valence-electron chi connectivity index (χ1n) is 10.1. The maximum atomic E-state index is 12.0. The van der Waals surface area contributed by atoms with Crippen molar-refractivity contribution in [2.24, 2.45) is 11.8 Å². The van der Waals surface area contributed by atoms with Crippen LogP contribution in [0.3, 0.4) is 0 Å². The zero-order valence-corrected chi connectivity index (χ0v) is 17.3. The van der Waals surface area contributed by atoms with Gasteiger partial charge in [-0.1, -0.05) is 31.9 Å². The van der Waals surface area contributed by atoms with E-state index >= 15 is 0 Å². The number of Topliss-reactive ketones (excluding diaryl/α,β-unsaturated/α-hetero) is 1. The van der Waals surface area contributed by atoms with Crippen LogP contribution in [0.2, 0.25) is 0 Å². The Kier molecular flexibility index (Phi) is 11.9. The molecule has 0 amide bonds. The van der Waals surface area contributed by atoms with Crippen molar-refractivity contribution in [1.82, 2.24) is 0 Å². The first-order chi connectivity index (χ1) is 12.5. The highest BCUT2D eigenvalue weighted by atomic mass is 32.1. The minimum absolute atomic E-state index is 0.172. The van der Waals surface area contributed by atoms with Crippen molar-refractivity contribution in [2.45, 2.75) is 88.9 Å². The summed E-state index contributed by atoms with van der Waals surface area (Å²) in [6.07, 6.45) is 12.8. The summed E-state index contributed by atoms with van der Waals surface area (Å²) in [5.74, 6) is 0.643. The van der Waals surface area contributed by atoms with Crippen LogP contribution in [0.15, 0.2) is 12.2 Å². The van der Waals surface area contributed by atoms with Gasteiger partial charge in [0.15, 0.2) is 0 Å². The average Bonchev–Trinajstić information content (AvgIpc) is 2.89. The molecule has 0 aromatic heterocycles. The normalized spacial score (nSPS) is 25.7. The van der Waals surface area contributed by atoms with Crippen molar-refractivity contribution >= 4 is 24.4 Å². The highest BCUT2D eigenvalue weighted by Crippen LogP contribution is 2.41. The molecule has 0 spiro atoms. The molecule has 0 aromatic carbocycles. The van der Waals surface area contributed by atoms with Gasteiger partial charge < -0.3 is 9.84 Å². The number of hydrogen-bond donors (Lipinski definition) is 2. The number of aliphatic hydroxyl groups is 1. The molecule has 4 atom stereocenters. The molecule has 1 saturated carbocycles. The molecule has 0 saturated heterocycles. The zero-order chi connectivity index (χ0) is 19.4. The van der Waals surface area contributed by atoms with E-state index < -0.39 is 0 Å². The summed E-state index contributed by atoms with van der Waals surface area (Å²) in [6, 6.07) is 0. The Morgan fingerprint density at radius 1 is 1.12 bits per heavy atom. The lowest BCUT2D eigenvalue weighted by Gasteiger charge is -2.22. The van der Waals surface area contributed by atoms with Gasteiger partial charge in [0.1, 0.15) is 5.78 Å². The van der Waals surface area contributed by atoms with Crippen molar-refractivity contribution in [3.8, 4) is 0 Å². The van der Waals surface area contributed by atoms with Crippen LogP contribution in [0.5, 0.6) is 0 Å². The highest BCUT2D eigenvalue weighted by molar-refractivity contribution is 7.81. The van der Waals surface area contributed by atoms with Crippen LogP contribution in [0.4, 0.5) is 0 Å². The quantitative estimate of drug-likeness (QED) is 0.212. The monoisotopic (exact) mass is 384 g/mol. The van der Waals surface area contributed by atoms with Gasteiger partial charge in [0, 0.05) is 24.5 Å². The number of carbonyl (C=O) groups is 2. The van der Waals surface area contributed by atoms with E-state index in [4.69, 9.17) is 0 Å². The summed E-state index contributed by atoms with van der Waals surface area (Å²) in [5.41, 5.74) is 0. The summed E-state index contributed by atoms with van der Waals surface area (Å²) in [4.78, 5) is 23.1. The molecule has 0 radical (unpaired) electrons. The van der Waals surface area contributed by atoms with E-state index in [2.05, 4.69) is 36.4 Å². The molecular weight excluding hydrogens is 348 g/mol. The number of thiol groups is 1. The molecule has 0 aromatic rings. The van der Waals surface area contributed by atoms with Crippen LogP contribution < -0.4 is 0 Å². The third-order valence-corrected chi connectivity index (χ3v) is 5.99. The number of methoxy groups -OCH3 is 1. The lowest BCUT2D eigenvalue weighted by molar-refractivity contribution is -0.140. The van der Waals surface area contributed by atoms with Crippen molar-refractivity contribution in [3.05, 3.63) is 12.2 Å². The van der Waals surface area contributed by atoms with Gasteiger partial charge in [-0.3, -0.25) is 9.59 Å². The fourth-order valence-corrected chi connectivity index (χ4v) is 4.35. The van der Waals surface area contributed by atoms with Crippen molar-refractivity contribution < 1.29 is 19.4 Å². The Morgan fingerprint density at radius 3 is 2.58 bits per heavy atom. The fourth-order valence-electron chi connectivity index (χ4n) is 3.77. The number of carbonyl (C=O) groups excluding carboxylic acids is 2. The summed E-state index contributed by atoms with van der Waals surface area (Å²) in [6.45, 7) is 2.14. The SMILES string of the molecule is CCCCCC(=O)CC[C@H]1C(S)C[C@H](O)[C@@H]1CC=CCCCC(=O)OC. The van der Waals surface area contributed by atoms with Gasteiger partial charge in [-0.25, -0.2) is 0 Å². The first kappa shape index (κ1) is 23.2. The molecule has 150 valence electrons. The Morgan fingerprint density at radius 2 is 1.88 bits per heavy atom. The van der Waals surface area contributed by atoms with Crippen molar-refractivity contribution in [2.75, 3.05) is 7.11 Å². The highest BCUT2D eigenvalue weighted by Gasteiger charge is 2.39. The molecule has 0 heterocycles. The topological polar surface area (TPSA) is 63.6 Å². The van der Waals surface area contributed by atoms with Crippen molar-refractivity contribution in [1.29, 1.82) is 0 Å². The second-order valence-corrected chi connectivity index (χ2v) is 8.07. The molecule has 1 rings (SSSR count). The Bertz CT molecular complexity index is 449. The van der Waals surface area contributed by atoms with E-state index in [-0.39, 0.29) is 23.2 Å². The number of esters is 1.